The molecule has 1 aliphatic carbocycles. The first-order valence-electron chi connectivity index (χ1n) is 7.60. The summed E-state index contributed by atoms with van der Waals surface area (Å²) in [6.07, 6.45) is 6.62. The molecule has 0 unspecified atom stereocenters. The monoisotopic (exact) mass is 294 g/mol. The lowest BCUT2D eigenvalue weighted by Gasteiger charge is -2.14. The van der Waals surface area contributed by atoms with Crippen LogP contribution in [0.25, 0.3) is 0 Å². The molecule has 22 heavy (non-hydrogen) atoms. The van der Waals surface area contributed by atoms with Gasteiger partial charge in [-0.3, -0.25) is 9.48 Å². The Morgan fingerprint density at radius 2 is 2.05 bits per heavy atom. The molecule has 0 bridgehead atoms. The molecular weight excluding hydrogens is 276 g/mol. The summed E-state index contributed by atoms with van der Waals surface area (Å²) in [5, 5.41) is 16.1. The van der Waals surface area contributed by atoms with Crippen molar-refractivity contribution in [3.05, 3.63) is 52.8 Å². The highest BCUT2D eigenvalue weighted by Gasteiger charge is 2.14. The minimum atomic E-state index is -0.120. The normalized spacial score (nSPS) is 13.2. The third kappa shape index (κ3) is 3.01. The van der Waals surface area contributed by atoms with Gasteiger partial charge in [0.25, 0.3) is 5.91 Å². The summed E-state index contributed by atoms with van der Waals surface area (Å²) in [5.41, 5.74) is 3.80. The Morgan fingerprint density at radius 3 is 2.82 bits per heavy atom. The average molecular weight is 294 g/mol. The number of nitrogens with one attached hydrogen (secondary N) is 1. The zero-order chi connectivity index (χ0) is 15.4. The molecule has 1 heterocycles. The van der Waals surface area contributed by atoms with Crippen molar-refractivity contribution in [2.75, 3.05) is 6.54 Å². The van der Waals surface area contributed by atoms with E-state index in [1.807, 2.05) is 16.9 Å². The molecule has 0 spiro atoms. The SMILES string of the molecule is N#Cc1ccc(C(=O)NCCn2ncc3c2CCCC3)cc1. The molecule has 0 saturated carbocycles. The van der Waals surface area contributed by atoms with Crippen molar-refractivity contribution < 1.29 is 4.79 Å². The van der Waals surface area contributed by atoms with Crippen LogP contribution in [-0.4, -0.2) is 22.2 Å². The van der Waals surface area contributed by atoms with E-state index < -0.39 is 0 Å². The van der Waals surface area contributed by atoms with Gasteiger partial charge in [0, 0.05) is 17.8 Å². The summed E-state index contributed by atoms with van der Waals surface area (Å²) in [6, 6.07) is 8.68. The van der Waals surface area contributed by atoms with E-state index in [4.69, 9.17) is 5.26 Å². The number of rotatable bonds is 4. The standard InChI is InChI=1S/C17H18N4O/c18-11-13-5-7-14(8-6-13)17(22)19-9-10-21-16-4-2-1-3-15(16)12-20-21/h5-8,12H,1-4,9-10H2,(H,19,22). The highest BCUT2D eigenvalue weighted by atomic mass is 16.1. The quantitative estimate of drug-likeness (QED) is 0.938. The minimum absolute atomic E-state index is 0.120. The number of aryl methyl sites for hydroxylation is 1. The lowest BCUT2D eigenvalue weighted by Crippen LogP contribution is -2.28. The van der Waals surface area contributed by atoms with Crippen LogP contribution >= 0.6 is 0 Å². The van der Waals surface area contributed by atoms with Crippen LogP contribution < -0.4 is 5.32 Å². The topological polar surface area (TPSA) is 70.7 Å². The fourth-order valence-electron chi connectivity index (χ4n) is 2.82. The molecular formula is C17H18N4O. The Balaban J connectivity index is 1.55. The summed E-state index contributed by atoms with van der Waals surface area (Å²) >= 11 is 0. The molecule has 5 nitrogen and oxygen atoms in total. The molecule has 1 aromatic carbocycles. The van der Waals surface area contributed by atoms with Crippen LogP contribution in [0.3, 0.4) is 0 Å². The predicted molar refractivity (Wildman–Crippen MR) is 82.4 cm³/mol. The van der Waals surface area contributed by atoms with E-state index in [1.54, 1.807) is 24.3 Å². The van der Waals surface area contributed by atoms with Gasteiger partial charge in [0.05, 0.1) is 24.4 Å². The van der Waals surface area contributed by atoms with E-state index >= 15 is 0 Å². The molecule has 1 amide bonds. The number of aromatic nitrogens is 2. The fraction of sp³-hybridized carbons (Fsp3) is 0.353. The number of carbonyl (C=O) groups is 1. The van der Waals surface area contributed by atoms with E-state index in [9.17, 15) is 4.79 Å². The van der Waals surface area contributed by atoms with Gasteiger partial charge in [-0.05, 0) is 55.5 Å². The number of fused-ring (bicyclic) bond motifs is 1. The second kappa shape index (κ2) is 6.44. The van der Waals surface area contributed by atoms with E-state index in [-0.39, 0.29) is 5.91 Å². The molecule has 112 valence electrons. The lowest BCUT2D eigenvalue weighted by atomic mass is 9.98. The summed E-state index contributed by atoms with van der Waals surface area (Å²) in [4.78, 5) is 12.0. The Kier molecular flexibility index (Phi) is 4.19. The Morgan fingerprint density at radius 1 is 1.27 bits per heavy atom. The number of benzene rings is 1. The van der Waals surface area contributed by atoms with Crippen molar-refractivity contribution in [1.29, 1.82) is 5.26 Å². The molecule has 2 aromatic rings. The van der Waals surface area contributed by atoms with Gasteiger partial charge >= 0.3 is 0 Å². The number of amides is 1. The lowest BCUT2D eigenvalue weighted by molar-refractivity contribution is 0.0952. The minimum Gasteiger partial charge on any atom is -0.350 e. The van der Waals surface area contributed by atoms with Crippen LogP contribution in [0.1, 0.15) is 40.0 Å². The molecule has 0 saturated heterocycles. The van der Waals surface area contributed by atoms with Gasteiger partial charge in [-0.1, -0.05) is 0 Å². The third-order valence-corrected chi connectivity index (χ3v) is 4.03. The molecule has 5 heteroatoms. The zero-order valence-corrected chi connectivity index (χ0v) is 12.4. The van der Waals surface area contributed by atoms with Crippen molar-refractivity contribution in [1.82, 2.24) is 15.1 Å². The first kappa shape index (κ1) is 14.3. The third-order valence-electron chi connectivity index (χ3n) is 4.03. The number of hydrogen-bond donors (Lipinski definition) is 1. The van der Waals surface area contributed by atoms with Crippen LogP contribution in [-0.2, 0) is 19.4 Å². The molecule has 0 aliphatic heterocycles. The maximum absolute atomic E-state index is 12.0. The summed E-state index contributed by atoms with van der Waals surface area (Å²) < 4.78 is 2.01. The zero-order valence-electron chi connectivity index (χ0n) is 12.4. The molecule has 0 radical (unpaired) electrons. The van der Waals surface area contributed by atoms with Gasteiger partial charge in [-0.2, -0.15) is 10.4 Å². The van der Waals surface area contributed by atoms with E-state index in [0.29, 0.717) is 24.2 Å². The van der Waals surface area contributed by atoms with Crippen LogP contribution in [0, 0.1) is 11.3 Å². The number of hydrogen-bond acceptors (Lipinski definition) is 3. The Hall–Kier alpha value is -2.61. The molecule has 0 fully saturated rings. The van der Waals surface area contributed by atoms with E-state index in [0.717, 1.165) is 12.8 Å². The van der Waals surface area contributed by atoms with Gasteiger partial charge in [0.15, 0.2) is 0 Å². The van der Waals surface area contributed by atoms with Crippen molar-refractivity contribution in [3.63, 3.8) is 0 Å². The molecule has 3 rings (SSSR count). The van der Waals surface area contributed by atoms with Crippen molar-refractivity contribution in [2.24, 2.45) is 0 Å². The smallest absolute Gasteiger partial charge is 0.251 e. The average Bonchev–Trinajstić information content (AvgIpc) is 2.98. The second-order valence-electron chi connectivity index (χ2n) is 5.49. The highest BCUT2D eigenvalue weighted by molar-refractivity contribution is 5.94. The van der Waals surface area contributed by atoms with Gasteiger partial charge in [0.1, 0.15) is 0 Å². The van der Waals surface area contributed by atoms with Crippen molar-refractivity contribution >= 4 is 5.91 Å². The molecule has 1 N–H and O–H groups in total. The highest BCUT2D eigenvalue weighted by Crippen LogP contribution is 2.20. The summed E-state index contributed by atoms with van der Waals surface area (Å²) in [7, 11) is 0. The van der Waals surface area contributed by atoms with Crippen LogP contribution in [0.15, 0.2) is 30.5 Å². The number of nitrogens with zero attached hydrogens (tertiary/aromatic N) is 3. The summed E-state index contributed by atoms with van der Waals surface area (Å²) in [5.74, 6) is -0.120. The van der Waals surface area contributed by atoms with Crippen molar-refractivity contribution in [3.8, 4) is 6.07 Å². The second-order valence-corrected chi connectivity index (χ2v) is 5.49. The van der Waals surface area contributed by atoms with Gasteiger partial charge in [-0.25, -0.2) is 0 Å². The Labute approximate surface area is 129 Å². The van der Waals surface area contributed by atoms with Crippen LogP contribution in [0.5, 0.6) is 0 Å². The molecule has 0 atom stereocenters. The summed E-state index contributed by atoms with van der Waals surface area (Å²) in [6.45, 7) is 1.24. The van der Waals surface area contributed by atoms with Gasteiger partial charge in [0.2, 0.25) is 0 Å². The van der Waals surface area contributed by atoms with E-state index in [2.05, 4.69) is 10.4 Å². The first-order valence-corrected chi connectivity index (χ1v) is 7.60. The molecule has 1 aromatic heterocycles. The Bertz CT molecular complexity index is 709. The fourth-order valence-corrected chi connectivity index (χ4v) is 2.82. The van der Waals surface area contributed by atoms with Crippen LogP contribution in [0.2, 0.25) is 0 Å². The van der Waals surface area contributed by atoms with E-state index in [1.165, 1.54) is 24.1 Å². The predicted octanol–water partition coefficient (Wildman–Crippen LogP) is 2.06. The van der Waals surface area contributed by atoms with Gasteiger partial charge in [-0.15, -0.1) is 0 Å². The van der Waals surface area contributed by atoms with Crippen molar-refractivity contribution in [2.45, 2.75) is 32.2 Å². The van der Waals surface area contributed by atoms with Gasteiger partial charge < -0.3 is 5.32 Å². The maximum atomic E-state index is 12.0. The van der Waals surface area contributed by atoms with Crippen LogP contribution in [0.4, 0.5) is 0 Å². The number of nitriles is 1. The number of carbonyl (C=O) groups excluding carboxylic acids is 1. The largest absolute Gasteiger partial charge is 0.350 e. The first-order chi connectivity index (χ1) is 10.8. The maximum Gasteiger partial charge on any atom is 0.251 e. The molecule has 1 aliphatic rings.